The van der Waals surface area contributed by atoms with Gasteiger partial charge in [0.15, 0.2) is 5.79 Å². The number of methoxy groups -OCH3 is 1. The number of ether oxygens (including phenoxy) is 3. The first kappa shape index (κ1) is 21.1. The Morgan fingerprint density at radius 2 is 1.93 bits per heavy atom. The van der Waals surface area contributed by atoms with Gasteiger partial charge in [0.25, 0.3) is 0 Å². The number of nitrogens with zero attached hydrogens (tertiary/aromatic N) is 1. The first-order valence-corrected chi connectivity index (χ1v) is 13.2. The Morgan fingerprint density at radius 1 is 1.21 bits per heavy atom. The van der Waals surface area contributed by atoms with E-state index in [4.69, 9.17) is 19.0 Å². The van der Waals surface area contributed by atoms with Crippen LogP contribution in [0.1, 0.15) is 19.4 Å². The van der Waals surface area contributed by atoms with Crippen LogP contribution in [0.25, 0.3) is 0 Å². The predicted molar refractivity (Wildman–Crippen MR) is 112 cm³/mol. The molecule has 152 valence electrons. The molecule has 0 aliphatic carbocycles. The molecule has 0 unspecified atom stereocenters. The summed E-state index contributed by atoms with van der Waals surface area (Å²) in [5.74, 6) is 3.54. The van der Waals surface area contributed by atoms with Crippen molar-refractivity contribution < 1.29 is 19.0 Å². The summed E-state index contributed by atoms with van der Waals surface area (Å²) < 4.78 is 17.9. The maximum atomic E-state index is 6.18. The molecule has 0 saturated carbocycles. The molecule has 0 radical (unpaired) electrons. The van der Waals surface area contributed by atoms with E-state index >= 15 is 0 Å². The Morgan fingerprint density at radius 3 is 2.50 bits per heavy atom. The highest BCUT2D eigenvalue weighted by atomic mass is 28.3. The minimum Gasteiger partial charge on any atom is -0.498 e. The summed E-state index contributed by atoms with van der Waals surface area (Å²) in [5.41, 5.74) is 5.49. The zero-order valence-corrected chi connectivity index (χ0v) is 18.7. The van der Waals surface area contributed by atoms with Crippen molar-refractivity contribution in [1.82, 2.24) is 5.06 Å². The van der Waals surface area contributed by atoms with Gasteiger partial charge in [-0.15, -0.1) is 5.54 Å². The number of hydrogen-bond donors (Lipinski definition) is 0. The monoisotopic (exact) mass is 401 g/mol. The lowest BCUT2D eigenvalue weighted by Crippen LogP contribution is -2.49. The van der Waals surface area contributed by atoms with Gasteiger partial charge in [0.05, 0.1) is 25.8 Å². The molecule has 28 heavy (non-hydrogen) atoms. The van der Waals surface area contributed by atoms with Gasteiger partial charge in [-0.25, -0.2) is 0 Å². The second-order valence-electron chi connectivity index (χ2n) is 8.69. The third kappa shape index (κ3) is 5.25. The third-order valence-corrected chi connectivity index (χ3v) is 5.50. The van der Waals surface area contributed by atoms with Gasteiger partial charge in [-0.1, -0.05) is 55.9 Å². The smallest absolute Gasteiger partial charge is 0.163 e. The molecule has 1 aromatic rings. The van der Waals surface area contributed by atoms with E-state index in [9.17, 15) is 0 Å². The van der Waals surface area contributed by atoms with Crippen LogP contribution in [0.5, 0.6) is 0 Å². The van der Waals surface area contributed by atoms with E-state index in [1.807, 2.05) is 37.1 Å². The second-order valence-corrected chi connectivity index (χ2v) is 13.4. The van der Waals surface area contributed by atoms with Crippen molar-refractivity contribution in [3.05, 3.63) is 47.2 Å². The van der Waals surface area contributed by atoms with E-state index in [0.717, 1.165) is 16.9 Å². The minimum absolute atomic E-state index is 0.197. The van der Waals surface area contributed by atoms with Gasteiger partial charge in [0.1, 0.15) is 32.6 Å². The summed E-state index contributed by atoms with van der Waals surface area (Å²) in [4.78, 5) is 6.16. The van der Waals surface area contributed by atoms with Crippen molar-refractivity contribution in [2.24, 2.45) is 0 Å². The molecule has 0 amide bonds. The van der Waals surface area contributed by atoms with Gasteiger partial charge < -0.3 is 14.2 Å². The van der Waals surface area contributed by atoms with Crippen LogP contribution in [-0.4, -0.2) is 51.4 Å². The van der Waals surface area contributed by atoms with Crippen LogP contribution >= 0.6 is 0 Å². The molecule has 3 rings (SSSR count). The molecule has 0 N–H and O–H groups in total. The van der Waals surface area contributed by atoms with Crippen LogP contribution in [0.4, 0.5) is 0 Å². The lowest BCUT2D eigenvalue weighted by atomic mass is 10.0. The quantitative estimate of drug-likeness (QED) is 0.568. The Bertz CT molecular complexity index is 773. The van der Waals surface area contributed by atoms with Crippen molar-refractivity contribution in [3.8, 4) is 11.5 Å². The van der Waals surface area contributed by atoms with Gasteiger partial charge in [-0.05, 0) is 19.4 Å². The van der Waals surface area contributed by atoms with Crippen LogP contribution in [0.15, 0.2) is 41.7 Å². The van der Waals surface area contributed by atoms with Gasteiger partial charge in [0.2, 0.25) is 0 Å². The minimum atomic E-state index is -1.51. The molecule has 2 heterocycles. The molecule has 6 heteroatoms. The summed E-state index contributed by atoms with van der Waals surface area (Å²) in [7, 11) is 0.186. The predicted octanol–water partition coefficient (Wildman–Crippen LogP) is 3.74. The van der Waals surface area contributed by atoms with E-state index in [1.165, 1.54) is 0 Å². The first-order chi connectivity index (χ1) is 13.2. The van der Waals surface area contributed by atoms with E-state index < -0.39 is 13.9 Å². The molecule has 2 aliphatic heterocycles. The average Bonchev–Trinajstić information content (AvgIpc) is 2.99. The molecule has 1 saturated heterocycles. The van der Waals surface area contributed by atoms with Crippen molar-refractivity contribution in [3.63, 3.8) is 0 Å². The molecular weight excluding hydrogens is 370 g/mol. The van der Waals surface area contributed by atoms with E-state index in [-0.39, 0.29) is 12.1 Å². The lowest BCUT2D eigenvalue weighted by Gasteiger charge is -2.38. The Hall–Kier alpha value is -1.62. The summed E-state index contributed by atoms with van der Waals surface area (Å²) >= 11 is 0. The molecule has 2 atom stereocenters. The molecule has 0 bridgehead atoms. The van der Waals surface area contributed by atoms with Gasteiger partial charge in [-0.3, -0.25) is 4.84 Å². The average molecular weight is 402 g/mol. The second kappa shape index (κ2) is 8.40. The number of rotatable bonds is 4. The van der Waals surface area contributed by atoms with Crippen molar-refractivity contribution in [1.29, 1.82) is 0 Å². The largest absolute Gasteiger partial charge is 0.498 e. The summed E-state index contributed by atoms with van der Waals surface area (Å²) in [6.45, 7) is 12.1. The molecule has 2 aliphatic rings. The van der Waals surface area contributed by atoms with Gasteiger partial charge in [-0.2, -0.15) is 5.06 Å². The fourth-order valence-electron chi connectivity index (χ4n) is 3.35. The number of benzene rings is 1. The van der Waals surface area contributed by atoms with Crippen LogP contribution in [0, 0.1) is 11.5 Å². The van der Waals surface area contributed by atoms with Crippen LogP contribution in [-0.2, 0) is 25.6 Å². The Kier molecular flexibility index (Phi) is 6.33. The third-order valence-electron chi connectivity index (χ3n) is 4.62. The van der Waals surface area contributed by atoms with Crippen molar-refractivity contribution >= 4 is 8.07 Å². The molecule has 0 aromatic heterocycles. The molecule has 1 aromatic carbocycles. The van der Waals surface area contributed by atoms with Crippen LogP contribution in [0.2, 0.25) is 19.6 Å². The maximum Gasteiger partial charge on any atom is 0.163 e. The molecule has 1 fully saturated rings. The van der Waals surface area contributed by atoms with Crippen LogP contribution < -0.4 is 0 Å². The van der Waals surface area contributed by atoms with E-state index in [2.05, 4.69) is 43.2 Å². The molecule has 5 nitrogen and oxygen atoms in total. The molecular formula is C22H31NO4Si. The molecule has 0 spiro atoms. The SMILES string of the molecule is COC1=C(C#C[Si](C)(C)C)CON(Cc2ccccc2)[C@H]1[C@H]1COC(C)(C)O1. The summed E-state index contributed by atoms with van der Waals surface area (Å²) in [6, 6.07) is 10.0. The normalized spacial score (nSPS) is 25.4. The number of hydrogen-bond acceptors (Lipinski definition) is 5. The standard InChI is InChI=1S/C22H31NO4Si/c1-22(2)25-16-19(27-22)20-21(24-3)18(12-13-28(4,5)6)15-26-23(20)14-17-10-8-7-9-11-17/h7-11,19-20H,14-16H2,1-6H3/t19-,20+/m1/s1. The van der Waals surface area contributed by atoms with Crippen LogP contribution in [0.3, 0.4) is 0 Å². The highest BCUT2D eigenvalue weighted by molar-refractivity contribution is 6.83. The summed E-state index contributed by atoms with van der Waals surface area (Å²) in [5, 5.41) is 1.95. The van der Waals surface area contributed by atoms with E-state index in [1.54, 1.807) is 7.11 Å². The van der Waals surface area contributed by atoms with Crippen molar-refractivity contribution in [2.45, 2.75) is 58.0 Å². The van der Waals surface area contributed by atoms with Crippen molar-refractivity contribution in [2.75, 3.05) is 20.3 Å². The lowest BCUT2D eigenvalue weighted by molar-refractivity contribution is -0.225. The fourth-order valence-corrected chi connectivity index (χ4v) is 3.87. The van der Waals surface area contributed by atoms with Gasteiger partial charge in [0, 0.05) is 0 Å². The zero-order chi connectivity index (χ0) is 20.4. The maximum absolute atomic E-state index is 6.18. The highest BCUT2D eigenvalue weighted by Gasteiger charge is 2.45. The highest BCUT2D eigenvalue weighted by Crippen LogP contribution is 2.34. The fraction of sp³-hybridized carbons (Fsp3) is 0.545. The Labute approximate surface area is 169 Å². The first-order valence-electron chi connectivity index (χ1n) is 9.74. The number of hydroxylamine groups is 2. The van der Waals surface area contributed by atoms with E-state index in [0.29, 0.717) is 19.8 Å². The Balaban J connectivity index is 1.95. The topological polar surface area (TPSA) is 40.2 Å². The zero-order valence-electron chi connectivity index (χ0n) is 17.7. The summed E-state index contributed by atoms with van der Waals surface area (Å²) in [6.07, 6.45) is -0.197. The van der Waals surface area contributed by atoms with Gasteiger partial charge >= 0.3 is 0 Å².